The van der Waals surface area contributed by atoms with E-state index >= 15 is 0 Å². The van der Waals surface area contributed by atoms with Crippen molar-refractivity contribution in [3.05, 3.63) is 33.3 Å². The zero-order valence-corrected chi connectivity index (χ0v) is 18.1. The lowest BCUT2D eigenvalue weighted by Gasteiger charge is -2.47. The van der Waals surface area contributed by atoms with Crippen molar-refractivity contribution in [1.82, 2.24) is 19.9 Å². The summed E-state index contributed by atoms with van der Waals surface area (Å²) < 4.78 is 13.3. The summed E-state index contributed by atoms with van der Waals surface area (Å²) in [5.74, 6) is 0. The monoisotopic (exact) mass is 418 g/mol. The second-order valence-corrected chi connectivity index (χ2v) is 10.1. The molecular weight excluding hydrogens is 388 g/mol. The number of nitrogens with zero attached hydrogens (tertiary/aromatic N) is 4. The third-order valence-electron chi connectivity index (χ3n) is 6.61. The summed E-state index contributed by atoms with van der Waals surface area (Å²) in [6.07, 6.45) is 6.16. The van der Waals surface area contributed by atoms with Gasteiger partial charge in [-0.15, -0.1) is 16.4 Å². The van der Waals surface area contributed by atoms with Crippen LogP contribution in [0.25, 0.3) is 0 Å². The Balaban J connectivity index is 1.26. The fourth-order valence-electron chi connectivity index (χ4n) is 4.94. The molecule has 1 spiro atoms. The van der Waals surface area contributed by atoms with Gasteiger partial charge in [0.15, 0.2) is 0 Å². The molecule has 2 atom stereocenters. The number of rotatable bonds is 5. The quantitative estimate of drug-likeness (QED) is 0.802. The number of hydrogen-bond acceptors (Lipinski definition) is 7. The van der Waals surface area contributed by atoms with Gasteiger partial charge in [0.25, 0.3) is 0 Å². The number of ether oxygens (including phenoxy) is 2. The molecule has 0 aliphatic carbocycles. The van der Waals surface area contributed by atoms with E-state index < -0.39 is 5.60 Å². The molecule has 5 heterocycles. The average Bonchev–Trinajstić information content (AvgIpc) is 3.30. The normalized spacial score (nSPS) is 29.0. The fourth-order valence-corrected chi connectivity index (χ4v) is 6.11. The van der Waals surface area contributed by atoms with Gasteiger partial charge in [0, 0.05) is 41.5 Å². The minimum atomic E-state index is -0.788. The van der Waals surface area contributed by atoms with E-state index in [1.54, 1.807) is 4.68 Å². The molecule has 0 radical (unpaired) electrons. The Kier molecular flexibility index (Phi) is 5.03. The van der Waals surface area contributed by atoms with Crippen LogP contribution in [0.1, 0.15) is 47.7 Å². The topological polar surface area (TPSA) is 72.6 Å². The molecule has 2 aromatic rings. The first-order chi connectivity index (χ1) is 14.0. The van der Waals surface area contributed by atoms with E-state index in [4.69, 9.17) is 9.47 Å². The van der Waals surface area contributed by atoms with Gasteiger partial charge in [-0.2, -0.15) is 0 Å². The first-order valence-electron chi connectivity index (χ1n) is 10.7. The molecule has 2 saturated heterocycles. The summed E-state index contributed by atoms with van der Waals surface area (Å²) in [7, 11) is 0. The van der Waals surface area contributed by atoms with Crippen LogP contribution in [-0.2, 0) is 41.0 Å². The van der Waals surface area contributed by atoms with Crippen LogP contribution in [0.4, 0.5) is 0 Å². The lowest BCUT2D eigenvalue weighted by molar-refractivity contribution is -0.186. The lowest BCUT2D eigenvalue weighted by Crippen LogP contribution is -2.52. The molecule has 29 heavy (non-hydrogen) atoms. The van der Waals surface area contributed by atoms with Gasteiger partial charge >= 0.3 is 0 Å². The number of aryl methyl sites for hydroxylation is 1. The van der Waals surface area contributed by atoms with E-state index in [9.17, 15) is 5.11 Å². The summed E-state index contributed by atoms with van der Waals surface area (Å²) in [5.41, 5.74) is 1.51. The maximum Gasteiger partial charge on any atom is 0.131 e. The number of likely N-dealkylation sites (tertiary alicyclic amines) is 1. The Hall–Kier alpha value is -1.32. The van der Waals surface area contributed by atoms with Crippen molar-refractivity contribution in [2.24, 2.45) is 0 Å². The van der Waals surface area contributed by atoms with Crippen molar-refractivity contribution in [3.8, 4) is 0 Å². The highest BCUT2D eigenvalue weighted by molar-refractivity contribution is 7.12. The molecule has 7 nitrogen and oxygen atoms in total. The van der Waals surface area contributed by atoms with Crippen molar-refractivity contribution in [2.45, 2.75) is 69.9 Å². The predicted molar refractivity (Wildman–Crippen MR) is 110 cm³/mol. The molecule has 0 saturated carbocycles. The first kappa shape index (κ1) is 19.6. The van der Waals surface area contributed by atoms with E-state index in [2.05, 4.69) is 35.1 Å². The molecule has 3 aliphatic rings. The van der Waals surface area contributed by atoms with Gasteiger partial charge in [-0.05, 0) is 37.8 Å². The molecule has 158 valence electrons. The van der Waals surface area contributed by atoms with E-state index in [0.717, 1.165) is 51.1 Å². The van der Waals surface area contributed by atoms with E-state index in [0.29, 0.717) is 25.8 Å². The molecule has 2 fully saturated rings. The van der Waals surface area contributed by atoms with Crippen molar-refractivity contribution in [2.75, 3.05) is 26.4 Å². The SMILES string of the molecule is CCc1cc2c(s1)CCO[C@@]21CCN(Cc2cn(CC3(O)COC3)nn2)[C@@H](C)C1. The minimum Gasteiger partial charge on any atom is -0.383 e. The number of piperidine rings is 1. The maximum atomic E-state index is 10.2. The van der Waals surface area contributed by atoms with Gasteiger partial charge < -0.3 is 14.6 Å². The average molecular weight is 419 g/mol. The van der Waals surface area contributed by atoms with Gasteiger partial charge in [0.05, 0.1) is 37.7 Å². The van der Waals surface area contributed by atoms with Crippen LogP contribution in [0.3, 0.4) is 0 Å². The molecule has 0 unspecified atom stereocenters. The largest absolute Gasteiger partial charge is 0.383 e. The third-order valence-corrected chi connectivity index (χ3v) is 7.95. The Morgan fingerprint density at radius 3 is 2.97 bits per heavy atom. The van der Waals surface area contributed by atoms with Gasteiger partial charge in [-0.25, -0.2) is 4.68 Å². The third kappa shape index (κ3) is 3.65. The van der Waals surface area contributed by atoms with Crippen LogP contribution >= 0.6 is 11.3 Å². The number of hydrogen-bond donors (Lipinski definition) is 1. The predicted octanol–water partition coefficient (Wildman–Crippen LogP) is 2.12. The zero-order valence-electron chi connectivity index (χ0n) is 17.3. The summed E-state index contributed by atoms with van der Waals surface area (Å²) >= 11 is 1.98. The van der Waals surface area contributed by atoms with Gasteiger partial charge in [-0.1, -0.05) is 12.1 Å². The Morgan fingerprint density at radius 2 is 2.24 bits per heavy atom. The Labute approximate surface area is 175 Å². The zero-order chi connectivity index (χ0) is 20.1. The summed E-state index contributed by atoms with van der Waals surface area (Å²) in [5, 5.41) is 18.8. The Morgan fingerprint density at radius 1 is 1.38 bits per heavy atom. The molecule has 0 amide bonds. The second kappa shape index (κ2) is 7.42. The summed E-state index contributed by atoms with van der Waals surface area (Å²) in [6.45, 7) is 8.32. The van der Waals surface area contributed by atoms with Gasteiger partial charge in [0.1, 0.15) is 5.60 Å². The van der Waals surface area contributed by atoms with E-state index in [1.165, 1.54) is 15.3 Å². The van der Waals surface area contributed by atoms with Crippen LogP contribution < -0.4 is 0 Å². The Bertz CT molecular complexity index is 877. The smallest absolute Gasteiger partial charge is 0.131 e. The summed E-state index contributed by atoms with van der Waals surface area (Å²) in [4.78, 5) is 5.49. The molecule has 3 aliphatic heterocycles. The molecule has 0 aromatic carbocycles. The molecule has 0 bridgehead atoms. The highest BCUT2D eigenvalue weighted by Crippen LogP contribution is 2.46. The maximum absolute atomic E-state index is 10.2. The standard InChI is InChI=1S/C21H30N4O3S/c1-3-17-8-18-19(29-17)4-7-28-21(18)5-6-24(15(2)9-21)10-16-11-25(23-22-16)12-20(26)13-27-14-20/h8,11,15,26H,3-7,9-10,12-14H2,1-2H3/t15-,21+/m0/s1. The lowest BCUT2D eigenvalue weighted by atomic mass is 9.79. The van der Waals surface area contributed by atoms with Gasteiger partial charge in [-0.3, -0.25) is 4.90 Å². The highest BCUT2D eigenvalue weighted by Gasteiger charge is 2.44. The van der Waals surface area contributed by atoms with Crippen LogP contribution in [0.2, 0.25) is 0 Å². The highest BCUT2D eigenvalue weighted by atomic mass is 32.1. The second-order valence-electron chi connectivity index (χ2n) is 8.89. The molecular formula is C21H30N4O3S. The van der Waals surface area contributed by atoms with Crippen molar-refractivity contribution in [1.29, 1.82) is 0 Å². The molecule has 1 N–H and O–H groups in total. The number of aliphatic hydroxyl groups is 1. The van der Waals surface area contributed by atoms with Gasteiger partial charge in [0.2, 0.25) is 0 Å². The number of thiophene rings is 1. The van der Waals surface area contributed by atoms with Crippen molar-refractivity contribution in [3.63, 3.8) is 0 Å². The van der Waals surface area contributed by atoms with E-state index in [1.807, 2.05) is 17.5 Å². The number of fused-ring (bicyclic) bond motifs is 2. The van der Waals surface area contributed by atoms with Crippen molar-refractivity contribution < 1.29 is 14.6 Å². The first-order valence-corrected chi connectivity index (χ1v) is 11.5. The van der Waals surface area contributed by atoms with E-state index in [-0.39, 0.29) is 5.60 Å². The minimum absolute atomic E-state index is 0.113. The van der Waals surface area contributed by atoms with Crippen LogP contribution in [0.15, 0.2) is 12.3 Å². The molecule has 5 rings (SSSR count). The number of aromatic nitrogens is 3. The molecule has 8 heteroatoms. The summed E-state index contributed by atoms with van der Waals surface area (Å²) in [6, 6.07) is 2.82. The van der Waals surface area contributed by atoms with Crippen LogP contribution in [-0.4, -0.2) is 63.0 Å². The fraction of sp³-hybridized carbons (Fsp3) is 0.714. The van der Waals surface area contributed by atoms with Crippen LogP contribution in [0.5, 0.6) is 0 Å². The van der Waals surface area contributed by atoms with Crippen molar-refractivity contribution >= 4 is 11.3 Å². The van der Waals surface area contributed by atoms with Crippen LogP contribution in [0, 0.1) is 0 Å². The molecule has 2 aromatic heterocycles.